The topological polar surface area (TPSA) is 17.1 Å². The van der Waals surface area contributed by atoms with Gasteiger partial charge in [-0.2, -0.15) is 0 Å². The second-order valence-corrected chi connectivity index (χ2v) is 1.78. The highest BCUT2D eigenvalue weighted by atomic mass is 16.1. The van der Waals surface area contributed by atoms with Crippen molar-refractivity contribution in [2.24, 2.45) is 0 Å². The zero-order chi connectivity index (χ0) is 5.98. The Bertz CT molecular complexity index is 88.4. The van der Waals surface area contributed by atoms with E-state index in [1.165, 1.54) is 0 Å². The van der Waals surface area contributed by atoms with Crippen LogP contribution in [0.4, 0.5) is 0 Å². The van der Waals surface area contributed by atoms with Crippen LogP contribution in [0.15, 0.2) is 0 Å². The van der Waals surface area contributed by atoms with Gasteiger partial charge in [-0.15, -0.1) is 0 Å². The van der Waals surface area contributed by atoms with Gasteiger partial charge in [-0.3, -0.25) is 0 Å². The summed E-state index contributed by atoms with van der Waals surface area (Å²) in [6, 6.07) is 0. The summed E-state index contributed by atoms with van der Waals surface area (Å²) in [7, 11) is 0. The van der Waals surface area contributed by atoms with E-state index in [1.807, 2.05) is 26.2 Å². The van der Waals surface area contributed by atoms with Gasteiger partial charge in [-0.25, -0.2) is 0 Å². The van der Waals surface area contributed by atoms with E-state index in [4.69, 9.17) is 0 Å². The van der Waals surface area contributed by atoms with E-state index in [-0.39, 0.29) is 0 Å². The first-order valence-electron chi connectivity index (χ1n) is 2.52. The summed E-state index contributed by atoms with van der Waals surface area (Å²) < 4.78 is 0. The van der Waals surface area contributed by atoms with Crippen LogP contribution in [0.5, 0.6) is 0 Å². The van der Waals surface area contributed by atoms with Crippen molar-refractivity contribution < 1.29 is 4.79 Å². The summed E-state index contributed by atoms with van der Waals surface area (Å²) in [6.45, 7) is 1.92. The fraction of sp³-hybridized carbons (Fsp3) is 0.143. The number of carbonyl (C=O) groups excluding carboxylic acids is 1. The van der Waals surface area contributed by atoms with Crippen molar-refractivity contribution in [3.63, 3.8) is 0 Å². The molecule has 41 valence electrons. The van der Waals surface area contributed by atoms with Crippen LogP contribution in [0.25, 0.3) is 0 Å². The van der Waals surface area contributed by atoms with Gasteiger partial charge in [-0.1, -0.05) is 6.92 Å². The molecule has 1 nitrogen and oxygen atoms in total. The Morgan fingerprint density at radius 3 is 2.50 bits per heavy atom. The molecule has 0 aromatic rings. The molecule has 0 saturated heterocycles. The number of aldehydes is 1. The van der Waals surface area contributed by atoms with Gasteiger partial charge in [-0.05, 0) is 25.2 Å². The Morgan fingerprint density at radius 1 is 1.50 bits per heavy atom. The lowest BCUT2D eigenvalue weighted by Gasteiger charge is -2.01. The Labute approximate surface area is 50.1 Å². The first kappa shape index (κ1) is 5.80. The van der Waals surface area contributed by atoms with E-state index in [9.17, 15) is 4.79 Å². The molecule has 0 spiro atoms. The van der Waals surface area contributed by atoms with E-state index < -0.39 is 0 Å². The summed E-state index contributed by atoms with van der Waals surface area (Å²) in [5.41, 5.74) is 0. The molecule has 0 aromatic carbocycles. The van der Waals surface area contributed by atoms with E-state index in [2.05, 4.69) is 0 Å². The van der Waals surface area contributed by atoms with Crippen molar-refractivity contribution in [3.05, 3.63) is 31.1 Å². The van der Waals surface area contributed by atoms with Crippen molar-refractivity contribution in [2.45, 2.75) is 6.92 Å². The van der Waals surface area contributed by atoms with Crippen LogP contribution in [0.3, 0.4) is 0 Å². The Hall–Kier alpha value is -0.330. The Kier molecular flexibility index (Phi) is 1.66. The van der Waals surface area contributed by atoms with Crippen LogP contribution in [0, 0.1) is 31.1 Å². The molecular formula is C7H7O. The molecule has 0 N–H and O–H groups in total. The quantitative estimate of drug-likeness (QED) is 0.456. The molecule has 8 heavy (non-hydrogen) atoms. The lowest BCUT2D eigenvalue weighted by Crippen LogP contribution is -1.99. The predicted molar refractivity (Wildman–Crippen MR) is 31.1 cm³/mol. The average Bonchev–Trinajstić information content (AvgIpc) is 2.14. The van der Waals surface area contributed by atoms with Gasteiger partial charge in [0.2, 0.25) is 0 Å². The van der Waals surface area contributed by atoms with Gasteiger partial charge < -0.3 is 4.79 Å². The van der Waals surface area contributed by atoms with Gasteiger partial charge in [0.05, 0.1) is 0 Å². The maximum Gasteiger partial charge on any atom is 0.128 e. The van der Waals surface area contributed by atoms with Crippen molar-refractivity contribution in [2.75, 3.05) is 0 Å². The van der Waals surface area contributed by atoms with Crippen LogP contribution >= 0.6 is 0 Å². The molecule has 1 fully saturated rings. The van der Waals surface area contributed by atoms with Crippen molar-refractivity contribution in [1.29, 1.82) is 0 Å². The second-order valence-electron chi connectivity index (χ2n) is 1.78. The minimum absolute atomic E-state index is 0.796. The highest BCUT2D eigenvalue weighted by molar-refractivity contribution is 5.80. The minimum atomic E-state index is 0.796. The van der Waals surface area contributed by atoms with Crippen molar-refractivity contribution >= 4 is 6.29 Å². The molecule has 1 aliphatic carbocycles. The van der Waals surface area contributed by atoms with Crippen LogP contribution in [-0.2, 0) is 4.79 Å². The zero-order valence-corrected chi connectivity index (χ0v) is 4.72. The highest BCUT2D eigenvalue weighted by Crippen LogP contribution is 2.30. The molecule has 1 aliphatic rings. The molecule has 0 bridgehead atoms. The van der Waals surface area contributed by atoms with Crippen molar-refractivity contribution in [1.82, 2.24) is 0 Å². The molecule has 1 heteroatoms. The molecule has 0 unspecified atom stereocenters. The molecule has 5 radical (unpaired) electrons. The van der Waals surface area contributed by atoms with E-state index in [0.29, 0.717) is 0 Å². The second kappa shape index (κ2) is 2.29. The lowest BCUT2D eigenvalue weighted by molar-refractivity contribution is -0.105. The molecule has 0 aliphatic heterocycles. The number of carbonyl (C=O) groups is 1. The standard InChI is InChI=1S/C7H7O/c1-6-3-2-4-7(6)5-8/h2-5H,1H3. The Balaban J connectivity index is 2.41. The maximum absolute atomic E-state index is 10.1. The summed E-state index contributed by atoms with van der Waals surface area (Å²) in [5, 5.41) is 0. The minimum Gasteiger partial charge on any atom is -0.303 e. The first-order chi connectivity index (χ1) is 3.84. The van der Waals surface area contributed by atoms with Crippen LogP contribution in [0.1, 0.15) is 6.92 Å². The van der Waals surface area contributed by atoms with E-state index in [1.54, 1.807) is 0 Å². The van der Waals surface area contributed by atoms with Crippen LogP contribution in [0.2, 0.25) is 0 Å². The number of hydrogen-bond donors (Lipinski definition) is 0. The third-order valence-corrected chi connectivity index (χ3v) is 1.20. The van der Waals surface area contributed by atoms with Crippen LogP contribution < -0.4 is 0 Å². The summed E-state index contributed by atoms with van der Waals surface area (Å²) in [5.74, 6) is 1.85. The van der Waals surface area contributed by atoms with Gasteiger partial charge in [0.25, 0.3) is 0 Å². The van der Waals surface area contributed by atoms with Crippen molar-refractivity contribution in [3.8, 4) is 0 Å². The molecule has 0 atom stereocenters. The average molecular weight is 107 g/mol. The largest absolute Gasteiger partial charge is 0.303 e. The van der Waals surface area contributed by atoms with E-state index >= 15 is 0 Å². The first-order valence-corrected chi connectivity index (χ1v) is 2.52. The predicted octanol–water partition coefficient (Wildman–Crippen LogP) is 0.981. The van der Waals surface area contributed by atoms with Gasteiger partial charge >= 0.3 is 0 Å². The Morgan fingerprint density at radius 2 is 2.25 bits per heavy atom. The normalized spacial score (nSPS) is 24.1. The number of rotatable bonds is 1. The summed E-state index contributed by atoms with van der Waals surface area (Å²) >= 11 is 0. The molecule has 0 amide bonds. The molecule has 1 rings (SSSR count). The maximum atomic E-state index is 10.1. The van der Waals surface area contributed by atoms with Crippen LogP contribution in [-0.4, -0.2) is 6.29 Å². The SMILES string of the molecule is C[C]1[CH][CH][CH][C]1C=O. The monoisotopic (exact) mass is 107 g/mol. The molecule has 0 aromatic heterocycles. The zero-order valence-electron chi connectivity index (χ0n) is 4.72. The smallest absolute Gasteiger partial charge is 0.128 e. The fourth-order valence-electron chi connectivity index (χ4n) is 0.656. The van der Waals surface area contributed by atoms with E-state index in [0.717, 1.165) is 18.1 Å². The summed E-state index contributed by atoms with van der Waals surface area (Å²) in [4.78, 5) is 10.1. The van der Waals surface area contributed by atoms with Gasteiger partial charge in [0, 0.05) is 5.92 Å². The molecule has 1 saturated carbocycles. The molecular weight excluding hydrogens is 100 g/mol. The third kappa shape index (κ3) is 0.908. The summed E-state index contributed by atoms with van der Waals surface area (Å²) in [6.07, 6.45) is 6.47. The lowest BCUT2D eigenvalue weighted by atomic mass is 10.0. The fourth-order valence-corrected chi connectivity index (χ4v) is 0.656. The highest BCUT2D eigenvalue weighted by Gasteiger charge is 2.24. The number of hydrogen-bond acceptors (Lipinski definition) is 1. The van der Waals surface area contributed by atoms with Gasteiger partial charge in [0.1, 0.15) is 6.29 Å². The molecule has 0 heterocycles. The van der Waals surface area contributed by atoms with Gasteiger partial charge in [0.15, 0.2) is 0 Å². The third-order valence-electron chi connectivity index (χ3n) is 1.20.